The Kier molecular flexibility index (Phi) is 3.63. The summed E-state index contributed by atoms with van der Waals surface area (Å²) in [5.41, 5.74) is 1.73. The zero-order valence-corrected chi connectivity index (χ0v) is 10.4. The molecule has 1 atom stereocenters. The van der Waals surface area contributed by atoms with Gasteiger partial charge in [-0.1, -0.05) is 30.3 Å². The zero-order valence-electron chi connectivity index (χ0n) is 10.4. The second kappa shape index (κ2) is 5.19. The highest BCUT2D eigenvalue weighted by molar-refractivity contribution is 5.40. The summed E-state index contributed by atoms with van der Waals surface area (Å²) in [7, 11) is 1.50. The number of hydrogen-bond donors (Lipinski definition) is 1. The fourth-order valence-corrected chi connectivity index (χ4v) is 1.93. The Balaban J connectivity index is 2.43. The van der Waals surface area contributed by atoms with Crippen molar-refractivity contribution in [2.75, 3.05) is 7.11 Å². The molecule has 0 aliphatic carbocycles. The Morgan fingerprint density at radius 2 is 1.83 bits per heavy atom. The average Bonchev–Trinajstić information content (AvgIpc) is 2.41. The van der Waals surface area contributed by atoms with Crippen LogP contribution in [0.4, 0.5) is 4.39 Å². The molecule has 0 saturated carbocycles. The van der Waals surface area contributed by atoms with Gasteiger partial charge in [-0.25, -0.2) is 4.39 Å². The zero-order chi connectivity index (χ0) is 13.1. The number of aliphatic hydroxyl groups is 1. The molecule has 0 radical (unpaired) electrons. The van der Waals surface area contributed by atoms with Gasteiger partial charge in [-0.05, 0) is 24.1 Å². The Morgan fingerprint density at radius 1 is 1.17 bits per heavy atom. The van der Waals surface area contributed by atoms with E-state index < -0.39 is 11.9 Å². The minimum atomic E-state index is -0.962. The van der Waals surface area contributed by atoms with Gasteiger partial charge in [0.25, 0.3) is 0 Å². The van der Waals surface area contributed by atoms with E-state index >= 15 is 0 Å². The summed E-state index contributed by atoms with van der Waals surface area (Å²) in [5, 5.41) is 10.2. The molecule has 2 rings (SSSR count). The van der Waals surface area contributed by atoms with Crippen molar-refractivity contribution in [3.8, 4) is 5.75 Å². The van der Waals surface area contributed by atoms with Crippen molar-refractivity contribution in [3.05, 3.63) is 65.0 Å². The summed E-state index contributed by atoms with van der Waals surface area (Å²) >= 11 is 0. The number of aliphatic hydroxyl groups excluding tert-OH is 1. The molecule has 2 nitrogen and oxygen atoms in total. The number of aryl methyl sites for hydroxylation is 1. The first-order valence-electron chi connectivity index (χ1n) is 5.70. The topological polar surface area (TPSA) is 29.5 Å². The van der Waals surface area contributed by atoms with E-state index in [2.05, 4.69) is 0 Å². The normalized spacial score (nSPS) is 12.2. The third-order valence-corrected chi connectivity index (χ3v) is 2.92. The van der Waals surface area contributed by atoms with Gasteiger partial charge in [-0.3, -0.25) is 0 Å². The number of rotatable bonds is 3. The average molecular weight is 246 g/mol. The molecule has 94 valence electrons. The quantitative estimate of drug-likeness (QED) is 0.901. The lowest BCUT2D eigenvalue weighted by molar-refractivity contribution is 0.214. The van der Waals surface area contributed by atoms with Crippen molar-refractivity contribution in [2.45, 2.75) is 13.0 Å². The monoisotopic (exact) mass is 246 g/mol. The minimum Gasteiger partial charge on any atom is -0.496 e. The molecule has 0 bridgehead atoms. The van der Waals surface area contributed by atoms with E-state index in [1.54, 1.807) is 18.2 Å². The van der Waals surface area contributed by atoms with Crippen LogP contribution >= 0.6 is 0 Å². The molecule has 1 N–H and O–H groups in total. The Morgan fingerprint density at radius 3 is 2.44 bits per heavy atom. The third-order valence-electron chi connectivity index (χ3n) is 2.92. The molecule has 0 aliphatic heterocycles. The van der Waals surface area contributed by atoms with Gasteiger partial charge in [-0.15, -0.1) is 0 Å². The van der Waals surface area contributed by atoms with E-state index in [-0.39, 0.29) is 5.56 Å². The van der Waals surface area contributed by atoms with Gasteiger partial charge in [0.1, 0.15) is 17.7 Å². The standard InChI is InChI=1S/C15H15FO2/c1-10-8-12(13(16)9-14(10)18-2)15(17)11-6-4-3-5-7-11/h3-9,15,17H,1-2H3. The van der Waals surface area contributed by atoms with E-state index in [4.69, 9.17) is 4.74 Å². The molecule has 1 unspecified atom stereocenters. The Hall–Kier alpha value is -1.87. The molecular formula is C15H15FO2. The molecule has 0 amide bonds. The lowest BCUT2D eigenvalue weighted by Gasteiger charge is -2.14. The van der Waals surface area contributed by atoms with Crippen molar-refractivity contribution in [3.63, 3.8) is 0 Å². The third kappa shape index (κ3) is 2.36. The molecule has 0 spiro atoms. The van der Waals surface area contributed by atoms with Gasteiger partial charge >= 0.3 is 0 Å². The molecular weight excluding hydrogens is 231 g/mol. The lowest BCUT2D eigenvalue weighted by Crippen LogP contribution is -2.04. The maximum atomic E-state index is 13.9. The summed E-state index contributed by atoms with van der Waals surface area (Å²) < 4.78 is 19.0. The van der Waals surface area contributed by atoms with E-state index in [0.29, 0.717) is 11.3 Å². The summed E-state index contributed by atoms with van der Waals surface area (Å²) in [6.07, 6.45) is -0.962. The number of hydrogen-bond acceptors (Lipinski definition) is 2. The van der Waals surface area contributed by atoms with Gasteiger partial charge in [0, 0.05) is 11.6 Å². The van der Waals surface area contributed by atoms with Crippen LogP contribution in [0, 0.1) is 12.7 Å². The van der Waals surface area contributed by atoms with E-state index in [9.17, 15) is 9.50 Å². The number of halogens is 1. The van der Waals surface area contributed by atoms with Crippen molar-refractivity contribution in [1.82, 2.24) is 0 Å². The smallest absolute Gasteiger partial charge is 0.133 e. The largest absolute Gasteiger partial charge is 0.496 e. The molecule has 0 aromatic heterocycles. The van der Waals surface area contributed by atoms with E-state index in [1.165, 1.54) is 13.2 Å². The summed E-state index contributed by atoms with van der Waals surface area (Å²) in [6, 6.07) is 11.9. The van der Waals surface area contributed by atoms with Crippen molar-refractivity contribution >= 4 is 0 Å². The van der Waals surface area contributed by atoms with Crippen molar-refractivity contribution in [1.29, 1.82) is 0 Å². The molecule has 0 aliphatic rings. The summed E-state index contributed by atoms with van der Waals surface area (Å²) in [4.78, 5) is 0. The summed E-state index contributed by atoms with van der Waals surface area (Å²) in [5.74, 6) is 0.0188. The first-order valence-corrected chi connectivity index (χ1v) is 5.70. The van der Waals surface area contributed by atoms with Crippen LogP contribution in [0.25, 0.3) is 0 Å². The van der Waals surface area contributed by atoms with Crippen molar-refractivity contribution < 1.29 is 14.2 Å². The van der Waals surface area contributed by atoms with Crippen LogP contribution in [-0.2, 0) is 0 Å². The number of methoxy groups -OCH3 is 1. The molecule has 18 heavy (non-hydrogen) atoms. The molecule has 0 fully saturated rings. The summed E-state index contributed by atoms with van der Waals surface area (Å²) in [6.45, 7) is 1.82. The molecule has 2 aromatic carbocycles. The highest BCUT2D eigenvalue weighted by Crippen LogP contribution is 2.29. The second-order valence-electron chi connectivity index (χ2n) is 4.16. The van der Waals surface area contributed by atoms with Crippen LogP contribution in [-0.4, -0.2) is 12.2 Å². The maximum Gasteiger partial charge on any atom is 0.133 e. The van der Waals surface area contributed by atoms with Crippen LogP contribution < -0.4 is 4.74 Å². The first-order chi connectivity index (χ1) is 8.63. The first kappa shape index (κ1) is 12.6. The Labute approximate surface area is 106 Å². The second-order valence-corrected chi connectivity index (χ2v) is 4.16. The molecule has 2 aromatic rings. The lowest BCUT2D eigenvalue weighted by atomic mass is 9.99. The fraction of sp³-hybridized carbons (Fsp3) is 0.200. The van der Waals surface area contributed by atoms with Crippen LogP contribution in [0.15, 0.2) is 42.5 Å². The molecule has 0 heterocycles. The highest BCUT2D eigenvalue weighted by Gasteiger charge is 2.16. The SMILES string of the molecule is COc1cc(F)c(C(O)c2ccccc2)cc1C. The van der Waals surface area contributed by atoms with E-state index in [1.807, 2.05) is 25.1 Å². The number of ether oxygens (including phenoxy) is 1. The number of benzene rings is 2. The molecule has 0 saturated heterocycles. The predicted molar refractivity (Wildman–Crippen MR) is 68.2 cm³/mol. The van der Waals surface area contributed by atoms with Gasteiger partial charge in [-0.2, -0.15) is 0 Å². The minimum absolute atomic E-state index is 0.263. The van der Waals surface area contributed by atoms with Gasteiger partial charge in [0.15, 0.2) is 0 Å². The van der Waals surface area contributed by atoms with E-state index in [0.717, 1.165) is 5.56 Å². The van der Waals surface area contributed by atoms with Gasteiger partial charge in [0.05, 0.1) is 7.11 Å². The van der Waals surface area contributed by atoms with Crippen LogP contribution in [0.1, 0.15) is 22.8 Å². The van der Waals surface area contributed by atoms with Crippen LogP contribution in [0.3, 0.4) is 0 Å². The Bertz CT molecular complexity index is 538. The predicted octanol–water partition coefficient (Wildman–Crippen LogP) is 3.22. The molecule has 3 heteroatoms. The maximum absolute atomic E-state index is 13.9. The van der Waals surface area contributed by atoms with Crippen molar-refractivity contribution in [2.24, 2.45) is 0 Å². The van der Waals surface area contributed by atoms with Crippen LogP contribution in [0.5, 0.6) is 5.75 Å². The van der Waals surface area contributed by atoms with Gasteiger partial charge in [0.2, 0.25) is 0 Å². The fourth-order valence-electron chi connectivity index (χ4n) is 1.93. The highest BCUT2D eigenvalue weighted by atomic mass is 19.1. The van der Waals surface area contributed by atoms with Gasteiger partial charge < -0.3 is 9.84 Å². The van der Waals surface area contributed by atoms with Crippen LogP contribution in [0.2, 0.25) is 0 Å².